The summed E-state index contributed by atoms with van der Waals surface area (Å²) in [6.45, 7) is 1.86. The Balaban J connectivity index is 1.89. The molecule has 1 aliphatic heterocycles. The van der Waals surface area contributed by atoms with Gasteiger partial charge in [0.05, 0.1) is 5.25 Å². The van der Waals surface area contributed by atoms with Gasteiger partial charge in [-0.25, -0.2) is 8.42 Å². The molecule has 3 rings (SSSR count). The molecule has 98 valence electrons. The molecule has 5 nitrogen and oxygen atoms in total. The summed E-state index contributed by atoms with van der Waals surface area (Å²) in [5.41, 5.74) is 6.81. The van der Waals surface area contributed by atoms with E-state index in [-0.39, 0.29) is 24.5 Å². The summed E-state index contributed by atoms with van der Waals surface area (Å²) < 4.78 is 34.2. The molecular weight excluding hydrogens is 254 g/mol. The minimum absolute atomic E-state index is 0.121. The Morgan fingerprint density at radius 3 is 2.78 bits per heavy atom. The number of fused-ring (bicyclic) bond motifs is 1. The van der Waals surface area contributed by atoms with Gasteiger partial charge in [0, 0.05) is 17.7 Å². The van der Waals surface area contributed by atoms with E-state index in [1.165, 1.54) is 0 Å². The summed E-state index contributed by atoms with van der Waals surface area (Å²) in [5, 5.41) is -0.456. The lowest BCUT2D eigenvalue weighted by Crippen LogP contribution is -2.17. The first kappa shape index (κ1) is 11.8. The van der Waals surface area contributed by atoms with Crippen LogP contribution in [-0.2, 0) is 9.84 Å². The van der Waals surface area contributed by atoms with E-state index in [2.05, 4.69) is 0 Å². The SMILES string of the molecule is CCS(=O)(=O)[C@@H]1[C@@H](N)[C@@H]1c1ccc2c(c1)OCO2. The molecule has 1 aromatic rings. The lowest BCUT2D eigenvalue weighted by Gasteiger charge is -2.02. The minimum Gasteiger partial charge on any atom is -0.454 e. The van der Waals surface area contributed by atoms with Crippen LogP contribution in [0.4, 0.5) is 0 Å². The quantitative estimate of drug-likeness (QED) is 0.871. The molecule has 1 aromatic carbocycles. The zero-order chi connectivity index (χ0) is 12.9. The van der Waals surface area contributed by atoms with Gasteiger partial charge in [0.15, 0.2) is 21.3 Å². The Morgan fingerprint density at radius 1 is 1.33 bits per heavy atom. The lowest BCUT2D eigenvalue weighted by atomic mass is 10.1. The van der Waals surface area contributed by atoms with Crippen molar-refractivity contribution in [2.24, 2.45) is 5.73 Å². The molecule has 0 radical (unpaired) electrons. The van der Waals surface area contributed by atoms with Gasteiger partial charge < -0.3 is 15.2 Å². The zero-order valence-electron chi connectivity index (χ0n) is 10.00. The van der Waals surface area contributed by atoms with E-state index >= 15 is 0 Å². The number of ether oxygens (including phenoxy) is 2. The van der Waals surface area contributed by atoms with Crippen molar-refractivity contribution in [2.45, 2.75) is 24.1 Å². The largest absolute Gasteiger partial charge is 0.454 e. The van der Waals surface area contributed by atoms with Crippen LogP contribution in [0.25, 0.3) is 0 Å². The molecule has 18 heavy (non-hydrogen) atoms. The van der Waals surface area contributed by atoms with E-state index in [0.717, 1.165) is 5.56 Å². The summed E-state index contributed by atoms with van der Waals surface area (Å²) in [4.78, 5) is 0. The highest BCUT2D eigenvalue weighted by atomic mass is 32.2. The molecule has 0 amide bonds. The maximum Gasteiger partial charge on any atom is 0.231 e. The van der Waals surface area contributed by atoms with Crippen molar-refractivity contribution in [1.82, 2.24) is 0 Å². The average molecular weight is 269 g/mol. The number of sulfone groups is 1. The van der Waals surface area contributed by atoms with Crippen molar-refractivity contribution < 1.29 is 17.9 Å². The van der Waals surface area contributed by atoms with Crippen LogP contribution in [0.2, 0.25) is 0 Å². The first-order chi connectivity index (χ1) is 8.54. The van der Waals surface area contributed by atoms with Gasteiger partial charge in [-0.1, -0.05) is 13.0 Å². The third kappa shape index (κ3) is 1.67. The maximum atomic E-state index is 11.9. The molecule has 0 aromatic heterocycles. The van der Waals surface area contributed by atoms with Gasteiger partial charge in [-0.2, -0.15) is 0 Å². The molecule has 1 heterocycles. The average Bonchev–Trinajstić information content (AvgIpc) is 2.84. The second-order valence-electron chi connectivity index (χ2n) is 4.63. The normalized spacial score (nSPS) is 29.3. The highest BCUT2D eigenvalue weighted by Crippen LogP contribution is 2.47. The van der Waals surface area contributed by atoms with Crippen LogP contribution in [-0.4, -0.2) is 32.3 Å². The first-order valence-corrected chi connectivity index (χ1v) is 7.63. The predicted molar refractivity (Wildman–Crippen MR) is 66.5 cm³/mol. The van der Waals surface area contributed by atoms with Gasteiger partial charge in [-0.15, -0.1) is 0 Å². The highest BCUT2D eigenvalue weighted by Gasteiger charge is 2.56. The summed E-state index contributed by atoms with van der Waals surface area (Å²) in [6, 6.07) is 5.19. The van der Waals surface area contributed by atoms with Gasteiger partial charge in [0.1, 0.15) is 0 Å². The molecule has 0 spiro atoms. The van der Waals surface area contributed by atoms with E-state index in [9.17, 15) is 8.42 Å². The Morgan fingerprint density at radius 2 is 2.06 bits per heavy atom. The number of hydrogen-bond donors (Lipinski definition) is 1. The van der Waals surface area contributed by atoms with Crippen LogP contribution in [0.5, 0.6) is 11.5 Å². The Hall–Kier alpha value is -1.27. The Bertz CT molecular complexity index is 584. The van der Waals surface area contributed by atoms with E-state index in [1.54, 1.807) is 13.0 Å². The van der Waals surface area contributed by atoms with Gasteiger partial charge in [0.25, 0.3) is 0 Å². The fourth-order valence-electron chi connectivity index (χ4n) is 2.49. The summed E-state index contributed by atoms with van der Waals surface area (Å²) in [5.74, 6) is 1.37. The molecule has 0 saturated heterocycles. The first-order valence-electron chi connectivity index (χ1n) is 5.91. The van der Waals surface area contributed by atoms with E-state index in [1.807, 2.05) is 12.1 Å². The molecule has 3 atom stereocenters. The molecule has 1 aliphatic carbocycles. The molecule has 0 unspecified atom stereocenters. The molecular formula is C12H15NO4S. The van der Waals surface area contributed by atoms with Crippen LogP contribution in [0.15, 0.2) is 18.2 Å². The minimum atomic E-state index is -3.08. The number of benzene rings is 1. The Kier molecular flexibility index (Phi) is 2.53. The van der Waals surface area contributed by atoms with Crippen molar-refractivity contribution in [3.8, 4) is 11.5 Å². The number of hydrogen-bond acceptors (Lipinski definition) is 5. The third-order valence-corrected chi connectivity index (χ3v) is 5.85. The van der Waals surface area contributed by atoms with Crippen LogP contribution >= 0.6 is 0 Å². The van der Waals surface area contributed by atoms with Crippen molar-refractivity contribution in [2.75, 3.05) is 12.5 Å². The van der Waals surface area contributed by atoms with Crippen molar-refractivity contribution >= 4 is 9.84 Å². The molecule has 1 saturated carbocycles. The van der Waals surface area contributed by atoms with E-state index in [0.29, 0.717) is 11.5 Å². The standard InChI is InChI=1S/C12H15NO4S/c1-2-18(14,15)12-10(11(12)13)7-3-4-8-9(5-7)17-6-16-8/h3-5,10-12H,2,6,13H2,1H3/t10-,11-,12-/m0/s1. The molecule has 0 bridgehead atoms. The van der Waals surface area contributed by atoms with Gasteiger partial charge in [-0.05, 0) is 17.7 Å². The molecule has 6 heteroatoms. The van der Waals surface area contributed by atoms with Crippen LogP contribution < -0.4 is 15.2 Å². The van der Waals surface area contributed by atoms with Gasteiger partial charge in [0.2, 0.25) is 6.79 Å². The number of nitrogens with two attached hydrogens (primary N) is 1. The lowest BCUT2D eigenvalue weighted by molar-refractivity contribution is 0.174. The molecule has 2 aliphatic rings. The summed E-state index contributed by atoms with van der Waals surface area (Å²) in [6.07, 6.45) is 0. The fraction of sp³-hybridized carbons (Fsp3) is 0.500. The Labute approximate surface area is 106 Å². The van der Waals surface area contributed by atoms with E-state index in [4.69, 9.17) is 15.2 Å². The monoisotopic (exact) mass is 269 g/mol. The van der Waals surface area contributed by atoms with E-state index < -0.39 is 15.1 Å². The van der Waals surface area contributed by atoms with Crippen LogP contribution in [0.1, 0.15) is 18.4 Å². The second kappa shape index (κ2) is 3.86. The zero-order valence-corrected chi connectivity index (χ0v) is 10.8. The predicted octanol–water partition coefficient (Wildman–Crippen LogP) is 0.643. The topological polar surface area (TPSA) is 78.6 Å². The smallest absolute Gasteiger partial charge is 0.231 e. The van der Waals surface area contributed by atoms with Crippen LogP contribution in [0.3, 0.4) is 0 Å². The van der Waals surface area contributed by atoms with Gasteiger partial charge in [-0.3, -0.25) is 0 Å². The van der Waals surface area contributed by atoms with Crippen molar-refractivity contribution in [3.05, 3.63) is 23.8 Å². The third-order valence-electron chi connectivity index (χ3n) is 3.61. The highest BCUT2D eigenvalue weighted by molar-refractivity contribution is 7.92. The molecule has 2 N–H and O–H groups in total. The summed E-state index contributed by atoms with van der Waals surface area (Å²) >= 11 is 0. The fourth-order valence-corrected chi connectivity index (χ4v) is 4.22. The van der Waals surface area contributed by atoms with Crippen LogP contribution in [0, 0.1) is 0 Å². The maximum absolute atomic E-state index is 11.9. The van der Waals surface area contributed by atoms with Crippen molar-refractivity contribution in [1.29, 1.82) is 0 Å². The number of rotatable bonds is 3. The molecule has 1 fully saturated rings. The van der Waals surface area contributed by atoms with Gasteiger partial charge >= 0.3 is 0 Å². The summed E-state index contributed by atoms with van der Waals surface area (Å²) in [7, 11) is -3.08. The van der Waals surface area contributed by atoms with Crippen molar-refractivity contribution in [3.63, 3.8) is 0 Å². The second-order valence-corrected chi connectivity index (χ2v) is 7.08.